The fraction of sp³-hybridized carbons (Fsp3) is 1.00. The Morgan fingerprint density at radius 3 is 2.25 bits per heavy atom. The monoisotopic (exact) mass is 305 g/mol. The molecule has 0 aromatic heterocycles. The highest BCUT2D eigenvalue weighted by molar-refractivity contribution is 7.90. The summed E-state index contributed by atoms with van der Waals surface area (Å²) in [5, 5.41) is 3.42. The summed E-state index contributed by atoms with van der Waals surface area (Å²) in [6.07, 6.45) is 3.56. The third kappa shape index (κ3) is 5.31. The van der Waals surface area contributed by atoms with Crippen LogP contribution in [0.5, 0.6) is 0 Å². The van der Waals surface area contributed by atoms with Gasteiger partial charge in [-0.05, 0) is 53.5 Å². The average Bonchev–Trinajstić information content (AvgIpc) is 2.34. The van der Waals surface area contributed by atoms with E-state index in [9.17, 15) is 8.42 Å². The van der Waals surface area contributed by atoms with Gasteiger partial charge in [0.05, 0.1) is 5.75 Å². The number of likely N-dealkylation sites (N-methyl/N-ethyl adjacent to an activating group) is 1. The molecule has 0 bridgehead atoms. The Bertz CT molecular complexity index is 387. The van der Waals surface area contributed by atoms with Crippen molar-refractivity contribution in [1.82, 2.24) is 15.1 Å². The molecule has 1 heterocycles. The Balaban J connectivity index is 2.56. The van der Waals surface area contributed by atoms with Gasteiger partial charge in [0.25, 0.3) is 0 Å². The van der Waals surface area contributed by atoms with Gasteiger partial charge in [-0.1, -0.05) is 6.92 Å². The predicted octanol–water partition coefficient (Wildman–Crippen LogP) is 0.425. The number of sulfone groups is 1. The van der Waals surface area contributed by atoms with Crippen LogP contribution in [-0.4, -0.2) is 82.1 Å². The SMILES string of the molecule is CCN1CCC(CNC(C)CS(C)(=O)=O)(N(C)C)CC1. The minimum atomic E-state index is -2.91. The molecule has 6 heteroatoms. The first-order valence-electron chi connectivity index (χ1n) is 7.49. The molecular formula is C14H31N3O2S. The zero-order chi connectivity index (χ0) is 15.4. The topological polar surface area (TPSA) is 52.7 Å². The lowest BCUT2D eigenvalue weighted by atomic mass is 9.86. The highest BCUT2D eigenvalue weighted by Crippen LogP contribution is 2.26. The molecule has 120 valence electrons. The van der Waals surface area contributed by atoms with Crippen LogP contribution in [0.2, 0.25) is 0 Å². The van der Waals surface area contributed by atoms with Gasteiger partial charge in [-0.25, -0.2) is 8.42 Å². The van der Waals surface area contributed by atoms with Crippen molar-refractivity contribution in [1.29, 1.82) is 0 Å². The van der Waals surface area contributed by atoms with E-state index in [4.69, 9.17) is 0 Å². The van der Waals surface area contributed by atoms with Crippen LogP contribution in [0.4, 0.5) is 0 Å². The van der Waals surface area contributed by atoms with Crippen LogP contribution in [0.1, 0.15) is 26.7 Å². The van der Waals surface area contributed by atoms with Crippen molar-refractivity contribution < 1.29 is 8.42 Å². The molecule has 1 atom stereocenters. The van der Waals surface area contributed by atoms with Crippen molar-refractivity contribution in [2.75, 3.05) is 52.3 Å². The highest BCUT2D eigenvalue weighted by atomic mass is 32.2. The van der Waals surface area contributed by atoms with E-state index in [1.165, 1.54) is 6.26 Å². The van der Waals surface area contributed by atoms with Gasteiger partial charge in [-0.2, -0.15) is 0 Å². The number of rotatable bonds is 7. The largest absolute Gasteiger partial charge is 0.311 e. The van der Waals surface area contributed by atoms with E-state index in [1.807, 2.05) is 6.92 Å². The van der Waals surface area contributed by atoms with Crippen LogP contribution in [-0.2, 0) is 9.84 Å². The van der Waals surface area contributed by atoms with Crippen LogP contribution >= 0.6 is 0 Å². The minimum absolute atomic E-state index is 0.00558. The van der Waals surface area contributed by atoms with Gasteiger partial charge in [0.1, 0.15) is 9.84 Å². The van der Waals surface area contributed by atoms with Gasteiger partial charge >= 0.3 is 0 Å². The van der Waals surface area contributed by atoms with E-state index in [2.05, 4.69) is 36.1 Å². The predicted molar refractivity (Wildman–Crippen MR) is 84.9 cm³/mol. The van der Waals surface area contributed by atoms with Crippen LogP contribution in [0, 0.1) is 0 Å². The van der Waals surface area contributed by atoms with Crippen LogP contribution in [0.25, 0.3) is 0 Å². The number of piperidine rings is 1. The maximum atomic E-state index is 11.3. The molecule has 1 rings (SSSR count). The Labute approximate surface area is 124 Å². The van der Waals surface area contributed by atoms with Crippen molar-refractivity contribution in [3.8, 4) is 0 Å². The highest BCUT2D eigenvalue weighted by Gasteiger charge is 2.36. The molecule has 0 radical (unpaired) electrons. The third-order valence-corrected chi connectivity index (χ3v) is 5.62. The van der Waals surface area contributed by atoms with Gasteiger partial charge in [0.2, 0.25) is 0 Å². The number of hydrogen-bond donors (Lipinski definition) is 1. The van der Waals surface area contributed by atoms with Gasteiger partial charge < -0.3 is 15.1 Å². The normalized spacial score (nSPS) is 22.1. The molecule has 0 aromatic rings. The van der Waals surface area contributed by atoms with Gasteiger partial charge in [0.15, 0.2) is 0 Å². The van der Waals surface area contributed by atoms with Gasteiger partial charge in [-0.15, -0.1) is 0 Å². The summed E-state index contributed by atoms with van der Waals surface area (Å²) in [4.78, 5) is 4.78. The molecule has 0 aromatic carbocycles. The summed E-state index contributed by atoms with van der Waals surface area (Å²) in [7, 11) is 1.35. The second kappa shape index (κ2) is 7.20. The first-order chi connectivity index (χ1) is 9.18. The summed E-state index contributed by atoms with van der Waals surface area (Å²) in [6, 6.07) is 0.00558. The zero-order valence-electron chi connectivity index (χ0n) is 13.6. The molecule has 1 saturated heterocycles. The second-order valence-electron chi connectivity index (χ2n) is 6.43. The second-order valence-corrected chi connectivity index (χ2v) is 8.61. The first kappa shape index (κ1) is 17.9. The van der Waals surface area contributed by atoms with Crippen molar-refractivity contribution >= 4 is 9.84 Å². The molecule has 1 aliphatic rings. The molecule has 1 fully saturated rings. The van der Waals surface area contributed by atoms with Crippen molar-refractivity contribution in [3.63, 3.8) is 0 Å². The van der Waals surface area contributed by atoms with E-state index in [-0.39, 0.29) is 17.3 Å². The smallest absolute Gasteiger partial charge is 0.148 e. The first-order valence-corrected chi connectivity index (χ1v) is 9.55. The van der Waals surface area contributed by atoms with E-state index >= 15 is 0 Å². The quantitative estimate of drug-likeness (QED) is 0.739. The summed E-state index contributed by atoms with van der Waals surface area (Å²) in [5.74, 6) is 0.206. The lowest BCUT2D eigenvalue weighted by Crippen LogP contribution is -2.59. The number of nitrogens with zero attached hydrogens (tertiary/aromatic N) is 2. The number of likely N-dealkylation sites (tertiary alicyclic amines) is 1. The average molecular weight is 305 g/mol. The molecule has 20 heavy (non-hydrogen) atoms. The van der Waals surface area contributed by atoms with Gasteiger partial charge in [-0.3, -0.25) is 0 Å². The molecule has 5 nitrogen and oxygen atoms in total. The minimum Gasteiger partial charge on any atom is -0.311 e. The summed E-state index contributed by atoms with van der Waals surface area (Å²) in [6.45, 7) is 8.37. The fourth-order valence-electron chi connectivity index (χ4n) is 2.94. The lowest BCUT2D eigenvalue weighted by molar-refractivity contribution is 0.0567. The Kier molecular flexibility index (Phi) is 6.44. The molecule has 0 aliphatic carbocycles. The summed E-state index contributed by atoms with van der Waals surface area (Å²) in [5.41, 5.74) is 0.150. The molecule has 1 N–H and O–H groups in total. The molecule has 0 spiro atoms. The van der Waals surface area contributed by atoms with Crippen molar-refractivity contribution in [2.24, 2.45) is 0 Å². The molecule has 1 unspecified atom stereocenters. The zero-order valence-corrected chi connectivity index (χ0v) is 14.5. The Morgan fingerprint density at radius 1 is 1.30 bits per heavy atom. The van der Waals surface area contributed by atoms with E-state index in [0.717, 1.165) is 39.0 Å². The number of nitrogens with one attached hydrogen (secondary N) is 1. The lowest BCUT2D eigenvalue weighted by Gasteiger charge is -2.46. The van der Waals surface area contributed by atoms with Crippen molar-refractivity contribution in [2.45, 2.75) is 38.3 Å². The van der Waals surface area contributed by atoms with Crippen LogP contribution < -0.4 is 5.32 Å². The van der Waals surface area contributed by atoms with Crippen LogP contribution in [0.15, 0.2) is 0 Å². The standard InChI is InChI=1S/C14H31N3O2S/c1-6-17-9-7-14(8-10-17,16(3)4)12-15-13(2)11-20(5,18)19/h13,15H,6-12H2,1-5H3. The fourth-order valence-corrected chi connectivity index (χ4v) is 3.97. The van der Waals surface area contributed by atoms with Gasteiger partial charge in [0, 0.05) is 24.4 Å². The maximum Gasteiger partial charge on any atom is 0.148 e. The molecule has 1 aliphatic heterocycles. The van der Waals surface area contributed by atoms with E-state index in [1.54, 1.807) is 0 Å². The number of hydrogen-bond acceptors (Lipinski definition) is 5. The molecule has 0 amide bonds. The Hall–Kier alpha value is -0.170. The maximum absolute atomic E-state index is 11.3. The van der Waals surface area contributed by atoms with E-state index < -0.39 is 9.84 Å². The van der Waals surface area contributed by atoms with Crippen molar-refractivity contribution in [3.05, 3.63) is 0 Å². The molecule has 0 saturated carbocycles. The third-order valence-electron chi connectivity index (χ3n) is 4.52. The summed E-state index contributed by atoms with van der Waals surface area (Å²) < 4.78 is 22.7. The molecular weight excluding hydrogens is 274 g/mol. The Morgan fingerprint density at radius 2 is 1.85 bits per heavy atom. The van der Waals surface area contributed by atoms with Crippen LogP contribution in [0.3, 0.4) is 0 Å². The van der Waals surface area contributed by atoms with E-state index in [0.29, 0.717) is 0 Å². The summed E-state index contributed by atoms with van der Waals surface area (Å²) >= 11 is 0.